The molecule has 1 atom stereocenters. The predicted octanol–water partition coefficient (Wildman–Crippen LogP) is 3.23. The van der Waals surface area contributed by atoms with Gasteiger partial charge in [0.2, 0.25) is 10.0 Å². The van der Waals surface area contributed by atoms with E-state index in [9.17, 15) is 8.42 Å². The van der Waals surface area contributed by atoms with Gasteiger partial charge in [-0.05, 0) is 47.0 Å². The normalized spacial score (nSPS) is 13.3. The second-order valence-corrected chi connectivity index (χ2v) is 8.05. The highest BCUT2D eigenvalue weighted by Gasteiger charge is 2.24. The summed E-state index contributed by atoms with van der Waals surface area (Å²) < 4.78 is 28.5. The largest absolute Gasteiger partial charge is 0.398 e. The van der Waals surface area contributed by atoms with E-state index >= 15 is 0 Å². The van der Waals surface area contributed by atoms with Crippen LogP contribution in [0.25, 0.3) is 0 Å². The van der Waals surface area contributed by atoms with E-state index < -0.39 is 10.0 Å². The van der Waals surface area contributed by atoms with Crippen LogP contribution in [-0.4, -0.2) is 13.4 Å². The summed E-state index contributed by atoms with van der Waals surface area (Å²) in [5.41, 5.74) is 6.82. The van der Waals surface area contributed by atoms with Crippen LogP contribution in [-0.2, 0) is 10.0 Å². The maximum atomic E-state index is 12.6. The number of thiazole rings is 1. The average Bonchev–Trinajstić information content (AvgIpc) is 2.94. The molecule has 0 fully saturated rings. The molecule has 3 N–H and O–H groups in total. The maximum Gasteiger partial charge on any atom is 0.241 e. The summed E-state index contributed by atoms with van der Waals surface area (Å²) in [6.45, 7) is 3.65. The second-order valence-electron chi connectivity index (χ2n) is 4.59. The van der Waals surface area contributed by atoms with Crippen LogP contribution in [0.4, 0.5) is 5.69 Å². The fraction of sp³-hybridized carbons (Fsp3) is 0.308. The minimum absolute atomic E-state index is 0.193. The summed E-state index contributed by atoms with van der Waals surface area (Å²) >= 11 is 4.73. The van der Waals surface area contributed by atoms with Gasteiger partial charge in [0.25, 0.3) is 0 Å². The van der Waals surface area contributed by atoms with Crippen LogP contribution in [0.5, 0.6) is 0 Å². The number of hydrogen-bond acceptors (Lipinski definition) is 5. The molecule has 21 heavy (non-hydrogen) atoms. The number of rotatable bonds is 5. The first-order valence-electron chi connectivity index (χ1n) is 6.32. The number of benzene rings is 1. The van der Waals surface area contributed by atoms with Crippen molar-refractivity contribution in [3.63, 3.8) is 0 Å². The van der Waals surface area contributed by atoms with Gasteiger partial charge in [-0.15, -0.1) is 11.3 Å². The lowest BCUT2D eigenvalue weighted by Gasteiger charge is -2.16. The molecule has 114 valence electrons. The third-order valence-corrected chi connectivity index (χ3v) is 6.23. The zero-order chi connectivity index (χ0) is 15.6. The molecule has 0 amide bonds. The molecule has 1 aromatic heterocycles. The number of hydrogen-bond donors (Lipinski definition) is 2. The van der Waals surface area contributed by atoms with Crippen LogP contribution in [0.3, 0.4) is 0 Å². The predicted molar refractivity (Wildman–Crippen MR) is 88.8 cm³/mol. The Morgan fingerprint density at radius 2 is 2.19 bits per heavy atom. The fourth-order valence-electron chi connectivity index (χ4n) is 1.92. The standard InChI is InChI=1S/C13H16BrN3O2S2/c1-3-11(13-16-4-5-20-13)17-21(18,19)12-7-10(15)9(14)6-8(12)2/h4-7,11,17H,3,15H2,1-2H3. The van der Waals surface area contributed by atoms with Gasteiger partial charge >= 0.3 is 0 Å². The topological polar surface area (TPSA) is 85.1 Å². The molecule has 5 nitrogen and oxygen atoms in total. The molecule has 1 heterocycles. The number of halogens is 1. The Bertz CT molecular complexity index is 730. The fourth-order valence-corrected chi connectivity index (χ4v) is 4.77. The van der Waals surface area contributed by atoms with Gasteiger partial charge < -0.3 is 5.73 Å². The Morgan fingerprint density at radius 3 is 2.76 bits per heavy atom. The van der Waals surface area contributed by atoms with Crippen molar-refractivity contribution in [1.82, 2.24) is 9.71 Å². The summed E-state index contributed by atoms with van der Waals surface area (Å²) in [6, 6.07) is 2.84. The van der Waals surface area contributed by atoms with Crippen molar-refractivity contribution in [1.29, 1.82) is 0 Å². The van der Waals surface area contributed by atoms with Gasteiger partial charge in [-0.1, -0.05) is 6.92 Å². The van der Waals surface area contributed by atoms with E-state index in [2.05, 4.69) is 25.6 Å². The zero-order valence-electron chi connectivity index (χ0n) is 11.6. The second kappa shape index (κ2) is 6.43. The summed E-state index contributed by atoms with van der Waals surface area (Å²) in [4.78, 5) is 4.37. The van der Waals surface area contributed by atoms with Gasteiger partial charge in [-0.2, -0.15) is 0 Å². The first kappa shape index (κ1) is 16.4. The lowest BCUT2D eigenvalue weighted by molar-refractivity contribution is 0.548. The van der Waals surface area contributed by atoms with E-state index in [0.717, 1.165) is 5.01 Å². The van der Waals surface area contributed by atoms with Crippen molar-refractivity contribution in [2.75, 3.05) is 5.73 Å². The number of aryl methyl sites for hydroxylation is 1. The molecular formula is C13H16BrN3O2S2. The van der Waals surface area contributed by atoms with Crippen molar-refractivity contribution in [2.24, 2.45) is 0 Å². The van der Waals surface area contributed by atoms with Crippen molar-refractivity contribution in [3.05, 3.63) is 38.8 Å². The van der Waals surface area contributed by atoms with Gasteiger partial charge in [0, 0.05) is 21.7 Å². The SMILES string of the molecule is CCC(NS(=O)(=O)c1cc(N)c(Br)cc1C)c1nccs1. The van der Waals surface area contributed by atoms with E-state index in [-0.39, 0.29) is 10.9 Å². The van der Waals surface area contributed by atoms with Gasteiger partial charge in [0.05, 0.1) is 10.9 Å². The Hall–Kier alpha value is -0.960. The van der Waals surface area contributed by atoms with Crippen molar-refractivity contribution < 1.29 is 8.42 Å². The number of nitrogens with two attached hydrogens (primary N) is 1. The third kappa shape index (κ3) is 3.63. The number of nitrogens with one attached hydrogen (secondary N) is 1. The van der Waals surface area contributed by atoms with E-state index in [1.165, 1.54) is 17.4 Å². The van der Waals surface area contributed by atoms with E-state index in [1.54, 1.807) is 19.2 Å². The lowest BCUT2D eigenvalue weighted by atomic mass is 10.2. The molecule has 0 spiro atoms. The van der Waals surface area contributed by atoms with E-state index in [0.29, 0.717) is 22.1 Å². The Balaban J connectivity index is 2.36. The third-order valence-electron chi connectivity index (χ3n) is 3.04. The van der Waals surface area contributed by atoms with Crippen LogP contribution in [0.2, 0.25) is 0 Å². The van der Waals surface area contributed by atoms with Gasteiger partial charge in [0.1, 0.15) is 5.01 Å². The molecule has 0 aliphatic rings. The van der Waals surface area contributed by atoms with Crippen LogP contribution in [0, 0.1) is 6.92 Å². The number of nitrogens with zero attached hydrogens (tertiary/aromatic N) is 1. The zero-order valence-corrected chi connectivity index (χ0v) is 14.8. The number of anilines is 1. The smallest absolute Gasteiger partial charge is 0.241 e. The highest BCUT2D eigenvalue weighted by Crippen LogP contribution is 2.28. The highest BCUT2D eigenvalue weighted by atomic mass is 79.9. The van der Waals surface area contributed by atoms with E-state index in [1.807, 2.05) is 12.3 Å². The highest BCUT2D eigenvalue weighted by molar-refractivity contribution is 9.10. The maximum absolute atomic E-state index is 12.6. The molecular weight excluding hydrogens is 374 g/mol. The molecule has 1 aromatic carbocycles. The number of nitrogen functional groups attached to an aromatic ring is 1. The van der Waals surface area contributed by atoms with Crippen LogP contribution >= 0.6 is 27.3 Å². The van der Waals surface area contributed by atoms with Crippen molar-refractivity contribution >= 4 is 43.0 Å². The minimum Gasteiger partial charge on any atom is -0.398 e. The molecule has 0 bridgehead atoms. The molecule has 0 radical (unpaired) electrons. The van der Waals surface area contributed by atoms with Crippen molar-refractivity contribution in [3.8, 4) is 0 Å². The molecule has 0 saturated carbocycles. The molecule has 8 heteroatoms. The first-order valence-corrected chi connectivity index (χ1v) is 9.48. The summed E-state index contributed by atoms with van der Waals surface area (Å²) in [7, 11) is -3.65. The van der Waals surface area contributed by atoms with Crippen LogP contribution < -0.4 is 10.5 Å². The average molecular weight is 390 g/mol. The van der Waals surface area contributed by atoms with Gasteiger partial charge in [-0.25, -0.2) is 18.1 Å². The lowest BCUT2D eigenvalue weighted by Crippen LogP contribution is -2.29. The van der Waals surface area contributed by atoms with Gasteiger partial charge in [-0.3, -0.25) is 0 Å². The van der Waals surface area contributed by atoms with Crippen LogP contribution in [0.15, 0.2) is 33.1 Å². The molecule has 0 saturated heterocycles. The van der Waals surface area contributed by atoms with Crippen molar-refractivity contribution in [2.45, 2.75) is 31.2 Å². The van der Waals surface area contributed by atoms with Gasteiger partial charge in [0.15, 0.2) is 0 Å². The Kier molecular flexibility index (Phi) is 5.03. The summed E-state index contributed by atoms with van der Waals surface area (Å²) in [6.07, 6.45) is 2.29. The summed E-state index contributed by atoms with van der Waals surface area (Å²) in [5, 5.41) is 2.58. The first-order chi connectivity index (χ1) is 9.85. The molecule has 1 unspecified atom stereocenters. The number of sulfonamides is 1. The van der Waals surface area contributed by atoms with Crippen LogP contribution in [0.1, 0.15) is 30.0 Å². The quantitative estimate of drug-likeness (QED) is 0.768. The van der Waals surface area contributed by atoms with E-state index in [4.69, 9.17) is 5.73 Å². The molecule has 2 aromatic rings. The Labute approximate surface area is 136 Å². The minimum atomic E-state index is -3.65. The summed E-state index contributed by atoms with van der Waals surface area (Å²) in [5.74, 6) is 0. The molecule has 2 rings (SSSR count). The Morgan fingerprint density at radius 1 is 1.48 bits per heavy atom. The molecule has 0 aliphatic heterocycles. The monoisotopic (exact) mass is 389 g/mol. The molecule has 0 aliphatic carbocycles. The number of aromatic nitrogens is 1.